The predicted octanol–water partition coefficient (Wildman–Crippen LogP) is 2.65. The van der Waals surface area contributed by atoms with Gasteiger partial charge in [0.1, 0.15) is 12.2 Å². The van der Waals surface area contributed by atoms with Gasteiger partial charge in [-0.25, -0.2) is 9.18 Å². The highest BCUT2D eigenvalue weighted by Crippen LogP contribution is 2.35. The first kappa shape index (κ1) is 14.8. The molecule has 0 amide bonds. The highest BCUT2D eigenvalue weighted by molar-refractivity contribution is 5.89. The van der Waals surface area contributed by atoms with Crippen molar-refractivity contribution in [3.63, 3.8) is 0 Å². The summed E-state index contributed by atoms with van der Waals surface area (Å²) in [5.74, 6) is -0.873. The minimum atomic E-state index is -0.517. The maximum atomic E-state index is 13.8. The van der Waals surface area contributed by atoms with Crippen LogP contribution in [0.25, 0.3) is 0 Å². The van der Waals surface area contributed by atoms with E-state index in [1.165, 1.54) is 18.2 Å². The Morgan fingerprint density at radius 3 is 2.75 bits per heavy atom. The molecule has 1 aliphatic rings. The molecular formula is C15H20FNO3. The molecule has 0 saturated heterocycles. The van der Waals surface area contributed by atoms with Crippen molar-refractivity contribution in [1.82, 2.24) is 0 Å². The van der Waals surface area contributed by atoms with Gasteiger partial charge in [-0.3, -0.25) is 0 Å². The first-order chi connectivity index (χ1) is 9.54. The van der Waals surface area contributed by atoms with Crippen LogP contribution in [-0.4, -0.2) is 24.7 Å². The molecule has 20 heavy (non-hydrogen) atoms. The SMILES string of the molecule is CC1(Oc2cc(C(=O)OCCN)ccc2F)CCCC1. The van der Waals surface area contributed by atoms with Gasteiger partial charge in [0.05, 0.1) is 5.56 Å². The van der Waals surface area contributed by atoms with E-state index in [9.17, 15) is 9.18 Å². The number of carbonyl (C=O) groups is 1. The molecule has 0 aliphatic heterocycles. The molecule has 1 saturated carbocycles. The molecule has 110 valence electrons. The van der Waals surface area contributed by atoms with Crippen LogP contribution < -0.4 is 10.5 Å². The Labute approximate surface area is 118 Å². The average Bonchev–Trinajstić information content (AvgIpc) is 2.85. The quantitative estimate of drug-likeness (QED) is 0.843. The van der Waals surface area contributed by atoms with Crippen molar-refractivity contribution in [2.24, 2.45) is 5.73 Å². The van der Waals surface area contributed by atoms with E-state index in [4.69, 9.17) is 15.2 Å². The largest absolute Gasteiger partial charge is 0.484 e. The summed E-state index contributed by atoms with van der Waals surface area (Å²) in [5.41, 5.74) is 5.20. The fourth-order valence-corrected chi connectivity index (χ4v) is 2.43. The lowest BCUT2D eigenvalue weighted by Gasteiger charge is -2.26. The predicted molar refractivity (Wildman–Crippen MR) is 73.2 cm³/mol. The molecule has 4 nitrogen and oxygen atoms in total. The molecule has 1 fully saturated rings. The van der Waals surface area contributed by atoms with Gasteiger partial charge >= 0.3 is 5.97 Å². The normalized spacial score (nSPS) is 16.9. The molecule has 0 unspecified atom stereocenters. The zero-order chi connectivity index (χ0) is 14.6. The molecule has 2 N–H and O–H groups in total. The van der Waals surface area contributed by atoms with Crippen molar-refractivity contribution >= 4 is 5.97 Å². The number of rotatable bonds is 5. The second-order valence-corrected chi connectivity index (χ2v) is 5.33. The molecule has 0 radical (unpaired) electrons. The van der Waals surface area contributed by atoms with E-state index in [1.54, 1.807) is 0 Å². The van der Waals surface area contributed by atoms with Gasteiger partial charge in [-0.1, -0.05) is 0 Å². The third-order valence-corrected chi connectivity index (χ3v) is 3.54. The van der Waals surface area contributed by atoms with Crippen molar-refractivity contribution in [3.8, 4) is 5.75 Å². The van der Waals surface area contributed by atoms with Gasteiger partial charge in [0.15, 0.2) is 11.6 Å². The Hall–Kier alpha value is -1.62. The van der Waals surface area contributed by atoms with Gasteiger partial charge in [0.25, 0.3) is 0 Å². The van der Waals surface area contributed by atoms with Crippen LogP contribution in [0.1, 0.15) is 43.0 Å². The summed E-state index contributed by atoms with van der Waals surface area (Å²) < 4.78 is 24.5. The summed E-state index contributed by atoms with van der Waals surface area (Å²) in [6, 6.07) is 4.02. The highest BCUT2D eigenvalue weighted by atomic mass is 19.1. The molecule has 1 aromatic rings. The van der Waals surface area contributed by atoms with Gasteiger partial charge < -0.3 is 15.2 Å². The summed E-state index contributed by atoms with van der Waals surface area (Å²) in [5, 5.41) is 0. The number of esters is 1. The van der Waals surface area contributed by atoms with Crippen molar-refractivity contribution in [2.45, 2.75) is 38.2 Å². The highest BCUT2D eigenvalue weighted by Gasteiger charge is 2.31. The summed E-state index contributed by atoms with van der Waals surface area (Å²) in [7, 11) is 0. The number of benzene rings is 1. The molecule has 5 heteroatoms. The number of hydrogen-bond acceptors (Lipinski definition) is 4. The van der Waals surface area contributed by atoms with E-state index >= 15 is 0 Å². The zero-order valence-electron chi connectivity index (χ0n) is 11.7. The van der Waals surface area contributed by atoms with Crippen LogP contribution in [0.2, 0.25) is 0 Å². The third kappa shape index (κ3) is 3.48. The fraction of sp³-hybridized carbons (Fsp3) is 0.533. The van der Waals surface area contributed by atoms with Crippen LogP contribution in [0.5, 0.6) is 5.75 Å². The lowest BCUT2D eigenvalue weighted by molar-refractivity contribution is 0.0513. The number of nitrogens with two attached hydrogens (primary N) is 1. The van der Waals surface area contributed by atoms with Crippen LogP contribution in [0.4, 0.5) is 4.39 Å². The number of halogens is 1. The molecular weight excluding hydrogens is 261 g/mol. The topological polar surface area (TPSA) is 61.5 Å². The lowest BCUT2D eigenvalue weighted by atomic mass is 10.1. The average molecular weight is 281 g/mol. The summed E-state index contributed by atoms with van der Waals surface area (Å²) in [4.78, 5) is 11.7. The fourth-order valence-electron chi connectivity index (χ4n) is 2.43. The molecule has 0 aromatic heterocycles. The Morgan fingerprint density at radius 1 is 1.40 bits per heavy atom. The molecule has 0 heterocycles. The Balaban J connectivity index is 2.14. The van der Waals surface area contributed by atoms with E-state index in [1.807, 2.05) is 6.92 Å². The molecule has 0 spiro atoms. The first-order valence-corrected chi connectivity index (χ1v) is 6.90. The zero-order valence-corrected chi connectivity index (χ0v) is 11.7. The monoisotopic (exact) mass is 281 g/mol. The van der Waals surface area contributed by atoms with Gasteiger partial charge in [0, 0.05) is 6.54 Å². The molecule has 1 aromatic carbocycles. The Bertz CT molecular complexity index is 484. The maximum absolute atomic E-state index is 13.8. The van der Waals surface area contributed by atoms with Crippen LogP contribution in [0.3, 0.4) is 0 Å². The van der Waals surface area contributed by atoms with Crippen LogP contribution in [0, 0.1) is 5.82 Å². The number of ether oxygens (including phenoxy) is 2. The standard InChI is InChI=1S/C15H20FNO3/c1-15(6-2-3-7-15)20-13-10-11(4-5-12(13)16)14(18)19-9-8-17/h4-5,10H,2-3,6-9,17H2,1H3. The van der Waals surface area contributed by atoms with E-state index in [-0.39, 0.29) is 30.1 Å². The van der Waals surface area contributed by atoms with Gasteiger partial charge in [-0.2, -0.15) is 0 Å². The smallest absolute Gasteiger partial charge is 0.338 e. The van der Waals surface area contributed by atoms with Crippen LogP contribution in [-0.2, 0) is 4.74 Å². The molecule has 0 atom stereocenters. The van der Waals surface area contributed by atoms with Gasteiger partial charge in [-0.05, 0) is 50.8 Å². The van der Waals surface area contributed by atoms with Crippen molar-refractivity contribution < 1.29 is 18.7 Å². The minimum Gasteiger partial charge on any atom is -0.484 e. The van der Waals surface area contributed by atoms with Gasteiger partial charge in [-0.15, -0.1) is 0 Å². The number of hydrogen-bond donors (Lipinski definition) is 1. The summed E-state index contributed by atoms with van der Waals surface area (Å²) in [6.45, 7) is 2.37. The van der Waals surface area contributed by atoms with Crippen molar-refractivity contribution in [3.05, 3.63) is 29.6 Å². The molecule has 2 rings (SSSR count). The number of carbonyl (C=O) groups excluding carboxylic acids is 1. The van der Waals surface area contributed by atoms with Crippen molar-refractivity contribution in [1.29, 1.82) is 0 Å². The second kappa shape index (κ2) is 6.22. The lowest BCUT2D eigenvalue weighted by Crippen LogP contribution is -2.28. The van der Waals surface area contributed by atoms with Crippen LogP contribution >= 0.6 is 0 Å². The van der Waals surface area contributed by atoms with Crippen molar-refractivity contribution in [2.75, 3.05) is 13.2 Å². The Morgan fingerprint density at radius 2 is 2.10 bits per heavy atom. The van der Waals surface area contributed by atoms with Crippen LogP contribution in [0.15, 0.2) is 18.2 Å². The van der Waals surface area contributed by atoms with E-state index in [2.05, 4.69) is 0 Å². The van der Waals surface area contributed by atoms with E-state index in [0.717, 1.165) is 25.7 Å². The molecule has 1 aliphatic carbocycles. The summed E-state index contributed by atoms with van der Waals surface area (Å²) in [6.07, 6.45) is 3.95. The minimum absolute atomic E-state index is 0.108. The maximum Gasteiger partial charge on any atom is 0.338 e. The molecule has 0 bridgehead atoms. The summed E-state index contributed by atoms with van der Waals surface area (Å²) >= 11 is 0. The van der Waals surface area contributed by atoms with Gasteiger partial charge in [0.2, 0.25) is 0 Å². The van der Waals surface area contributed by atoms with E-state index < -0.39 is 11.8 Å². The first-order valence-electron chi connectivity index (χ1n) is 6.90. The third-order valence-electron chi connectivity index (χ3n) is 3.54. The Kier molecular flexibility index (Phi) is 4.60. The second-order valence-electron chi connectivity index (χ2n) is 5.33. The van der Waals surface area contributed by atoms with E-state index in [0.29, 0.717) is 0 Å².